The van der Waals surface area contributed by atoms with Gasteiger partial charge in [-0.25, -0.2) is 28.5 Å². The fourth-order valence-corrected chi connectivity index (χ4v) is 6.81. The number of nitrogens with zero attached hydrogens (tertiary/aromatic N) is 8. The van der Waals surface area contributed by atoms with Crippen molar-refractivity contribution in [1.82, 2.24) is 39.3 Å². The topological polar surface area (TPSA) is 242 Å². The van der Waals surface area contributed by atoms with E-state index in [0.29, 0.717) is 75.6 Å². The van der Waals surface area contributed by atoms with Crippen molar-refractivity contribution in [3.05, 3.63) is 114 Å². The van der Waals surface area contributed by atoms with E-state index in [-0.39, 0.29) is 22.9 Å². The molecule has 2 aromatic carbocycles. The van der Waals surface area contributed by atoms with Crippen LogP contribution < -0.4 is 41.8 Å². The molecule has 2 saturated heterocycles. The van der Waals surface area contributed by atoms with Crippen molar-refractivity contribution >= 4 is 23.3 Å². The molecule has 0 unspecified atom stereocenters. The zero-order valence-corrected chi connectivity index (χ0v) is 37.1. The Labute approximate surface area is 383 Å². The molecule has 0 aliphatic carbocycles. The van der Waals surface area contributed by atoms with Gasteiger partial charge in [-0.2, -0.15) is 36.5 Å². The largest absolute Gasteiger partial charge is 0.482 e. The minimum Gasteiger partial charge on any atom is -0.482 e. The second-order valence-corrected chi connectivity index (χ2v) is 15.3. The lowest BCUT2D eigenvalue weighted by atomic mass is 10.2. The van der Waals surface area contributed by atoms with Gasteiger partial charge in [-0.05, 0) is 51.0 Å². The van der Waals surface area contributed by atoms with Crippen molar-refractivity contribution in [3.8, 4) is 11.5 Å². The van der Waals surface area contributed by atoms with Crippen LogP contribution in [0.2, 0.25) is 0 Å². The summed E-state index contributed by atoms with van der Waals surface area (Å²) in [6.07, 6.45) is -6.28. The lowest BCUT2D eigenvalue weighted by Gasteiger charge is -2.36. The van der Waals surface area contributed by atoms with Gasteiger partial charge in [-0.3, -0.25) is 29.4 Å². The highest BCUT2D eigenvalue weighted by atomic mass is 19.4. The fourth-order valence-electron chi connectivity index (χ4n) is 6.81. The monoisotopic (exact) mass is 970 g/mol. The van der Waals surface area contributed by atoms with E-state index in [1.165, 1.54) is 9.36 Å². The predicted octanol–water partition coefficient (Wildman–Crippen LogP) is 2.50. The van der Waals surface area contributed by atoms with Crippen molar-refractivity contribution in [2.24, 2.45) is 0 Å². The van der Waals surface area contributed by atoms with Gasteiger partial charge in [0.05, 0.1) is 11.4 Å². The third kappa shape index (κ3) is 18.4. The number of ether oxygens (including phenoxy) is 2. The van der Waals surface area contributed by atoms with Crippen LogP contribution in [0.4, 0.5) is 37.7 Å². The second kappa shape index (κ2) is 25.3. The zero-order chi connectivity index (χ0) is 50.0. The summed E-state index contributed by atoms with van der Waals surface area (Å²) in [7, 11) is 0. The number of halogens is 6. The molecular weight excluding hydrogens is 919 g/mol. The summed E-state index contributed by atoms with van der Waals surface area (Å²) in [5.41, 5.74) is -0.207. The first kappa shape index (κ1) is 53.7. The van der Waals surface area contributed by atoms with Crippen molar-refractivity contribution in [2.45, 2.75) is 52.1 Å². The quantitative estimate of drug-likeness (QED) is 0.0932. The number of hydrogen-bond donors (Lipinski definition) is 4. The van der Waals surface area contributed by atoms with E-state index in [0.717, 1.165) is 39.3 Å². The van der Waals surface area contributed by atoms with Crippen LogP contribution in [0.3, 0.4) is 0 Å². The highest BCUT2D eigenvalue weighted by Crippen LogP contribution is 2.32. The molecule has 4 heterocycles. The number of carboxylic acids is 2. The van der Waals surface area contributed by atoms with Crippen LogP contribution in [0.25, 0.3) is 0 Å². The number of H-pyrrole nitrogens is 2. The molecule has 4 aromatic rings. The standard InChI is InChI=1S/2C19H24F3N5O3.C4H4O4/c2*1-14-17(28)23-18(29)27(24-14)8-4-7-25-9-11-26(12-10-25)15-5-2-3-6-16(15)30-13-19(20,21)22;5-3(6)1-2-4(7)8/h2*2-3,5-6H,4,7-13H2,1H3,(H,23,28,29);1-2H,(H,5,6)(H,7,8). The highest BCUT2D eigenvalue weighted by Gasteiger charge is 2.31. The first-order valence-corrected chi connectivity index (χ1v) is 21.1. The number of aryl methyl sites for hydroxylation is 4. The van der Waals surface area contributed by atoms with E-state index in [9.17, 15) is 55.1 Å². The summed E-state index contributed by atoms with van der Waals surface area (Å²) in [6, 6.07) is 13.5. The Morgan fingerprint density at radius 2 is 0.926 bits per heavy atom. The number of carbonyl (C=O) groups is 2. The molecule has 0 amide bonds. The Morgan fingerprint density at radius 3 is 1.25 bits per heavy atom. The van der Waals surface area contributed by atoms with Crippen LogP contribution in [-0.2, 0) is 22.7 Å². The Hall–Kier alpha value is -6.96. The van der Waals surface area contributed by atoms with Crippen LogP contribution in [0.1, 0.15) is 24.2 Å². The van der Waals surface area contributed by atoms with Crippen molar-refractivity contribution in [2.75, 3.05) is 88.5 Å². The molecule has 68 heavy (non-hydrogen) atoms. The Balaban J connectivity index is 0.000000256. The van der Waals surface area contributed by atoms with Crippen LogP contribution in [0, 0.1) is 13.8 Å². The van der Waals surface area contributed by atoms with E-state index in [1.54, 1.807) is 62.4 Å². The van der Waals surface area contributed by atoms with Gasteiger partial charge in [0.2, 0.25) is 0 Å². The molecule has 2 fully saturated rings. The molecule has 6 rings (SSSR count). The molecule has 2 aromatic heterocycles. The van der Waals surface area contributed by atoms with Crippen LogP contribution in [-0.4, -0.2) is 152 Å². The maximum atomic E-state index is 12.5. The van der Waals surface area contributed by atoms with Gasteiger partial charge >= 0.3 is 35.7 Å². The van der Waals surface area contributed by atoms with Crippen molar-refractivity contribution < 1.29 is 55.6 Å². The van der Waals surface area contributed by atoms with Crippen molar-refractivity contribution in [3.63, 3.8) is 0 Å². The molecule has 0 saturated carbocycles. The third-order valence-electron chi connectivity index (χ3n) is 10.1. The number of nitrogens with one attached hydrogen (secondary N) is 2. The van der Waals surface area contributed by atoms with Gasteiger partial charge in [0, 0.05) is 90.7 Å². The second-order valence-electron chi connectivity index (χ2n) is 15.3. The molecule has 2 aliphatic heterocycles. The first-order valence-electron chi connectivity index (χ1n) is 21.1. The average Bonchev–Trinajstić information content (AvgIpc) is 3.28. The summed E-state index contributed by atoms with van der Waals surface area (Å²) in [6.45, 7) is 8.30. The summed E-state index contributed by atoms with van der Waals surface area (Å²) in [5, 5.41) is 23.6. The summed E-state index contributed by atoms with van der Waals surface area (Å²) >= 11 is 0. The molecule has 0 radical (unpaired) electrons. The maximum Gasteiger partial charge on any atom is 0.422 e. The van der Waals surface area contributed by atoms with Gasteiger partial charge in [-0.15, -0.1) is 0 Å². The first-order chi connectivity index (χ1) is 32.1. The fraction of sp³-hybridized carbons (Fsp3) is 0.476. The van der Waals surface area contributed by atoms with Gasteiger partial charge in [-0.1, -0.05) is 24.3 Å². The predicted molar refractivity (Wildman–Crippen MR) is 235 cm³/mol. The molecular formula is C42H52F6N10O10. The smallest absolute Gasteiger partial charge is 0.422 e. The lowest BCUT2D eigenvalue weighted by molar-refractivity contribution is -0.154. The van der Waals surface area contributed by atoms with Crippen LogP contribution >= 0.6 is 0 Å². The summed E-state index contributed by atoms with van der Waals surface area (Å²) in [5.74, 6) is -2.07. The number of hydrogen-bond acceptors (Lipinski definition) is 14. The Kier molecular flexibility index (Phi) is 19.9. The number of rotatable bonds is 16. The number of anilines is 2. The molecule has 372 valence electrons. The van der Waals surface area contributed by atoms with Gasteiger partial charge in [0.15, 0.2) is 13.2 Å². The molecule has 20 nitrogen and oxygen atoms in total. The number of para-hydroxylation sites is 4. The molecule has 2 aliphatic rings. The average molecular weight is 971 g/mol. The lowest BCUT2D eigenvalue weighted by Crippen LogP contribution is -2.47. The van der Waals surface area contributed by atoms with E-state index >= 15 is 0 Å². The van der Waals surface area contributed by atoms with E-state index in [1.807, 2.05) is 9.80 Å². The Bertz CT molecular complexity index is 2370. The third-order valence-corrected chi connectivity index (χ3v) is 10.1. The summed E-state index contributed by atoms with van der Waals surface area (Å²) < 4.78 is 87.4. The van der Waals surface area contributed by atoms with Crippen LogP contribution in [0.5, 0.6) is 11.5 Å². The number of benzene rings is 2. The number of piperazine rings is 2. The molecule has 0 spiro atoms. The number of aliphatic carboxylic acids is 2. The summed E-state index contributed by atoms with van der Waals surface area (Å²) in [4.78, 5) is 78.3. The van der Waals surface area contributed by atoms with E-state index in [2.05, 4.69) is 30.0 Å². The van der Waals surface area contributed by atoms with Gasteiger partial charge < -0.3 is 29.5 Å². The van der Waals surface area contributed by atoms with Gasteiger partial charge in [0.1, 0.15) is 22.9 Å². The molecule has 0 bridgehead atoms. The molecule has 26 heteroatoms. The van der Waals surface area contributed by atoms with E-state index in [4.69, 9.17) is 19.7 Å². The molecule has 0 atom stereocenters. The number of aromatic amines is 2. The van der Waals surface area contributed by atoms with Crippen LogP contribution in [0.15, 0.2) is 79.9 Å². The van der Waals surface area contributed by atoms with Crippen molar-refractivity contribution in [1.29, 1.82) is 0 Å². The minimum atomic E-state index is -4.38. The van der Waals surface area contributed by atoms with Gasteiger partial charge in [0.25, 0.3) is 11.1 Å². The number of alkyl halides is 6. The minimum absolute atomic E-state index is 0.224. The number of carboxylic acid groups (broad SMARTS) is 2. The Morgan fingerprint density at radius 1 is 0.588 bits per heavy atom. The highest BCUT2D eigenvalue weighted by molar-refractivity contribution is 5.89. The number of aromatic nitrogens is 6. The normalized spacial score (nSPS) is 14.7. The zero-order valence-electron chi connectivity index (χ0n) is 37.1. The SMILES string of the molecule is Cc1nn(CCCN2CCN(c3ccccc3OCC(F)(F)F)CC2)c(=O)[nH]c1=O.Cc1nn(CCCN2CCN(c3ccccc3OCC(F)(F)F)CC2)c(=O)[nH]c1=O.O=C(O)C=CC(=O)O. The van der Waals surface area contributed by atoms with E-state index < -0.39 is 60.0 Å². The molecule has 4 N–H and O–H groups in total. The maximum absolute atomic E-state index is 12.5.